The molecule has 1 saturated heterocycles. The topological polar surface area (TPSA) is 147 Å². The molecule has 1 aromatic rings. The third kappa shape index (κ3) is 6.74. The molecule has 32 heavy (non-hydrogen) atoms. The summed E-state index contributed by atoms with van der Waals surface area (Å²) in [6.45, 7) is 2.06. The Bertz CT molecular complexity index is 1070. The van der Waals surface area contributed by atoms with Gasteiger partial charge in [0.2, 0.25) is 15.9 Å². The lowest BCUT2D eigenvalue weighted by Crippen LogP contribution is -2.43. The standard InChI is InChI=1S/C19H27N3O8S2/c1-4-22(16-9-10-31(26,27)13-16)18(24)12-30-19(25)11-21(3)32(28,29)17-7-5-15(6-8-17)20-14(2)23/h5-8,16H,4,9-13H2,1-3H3,(H,20,23). The minimum Gasteiger partial charge on any atom is -0.455 e. The van der Waals surface area contributed by atoms with E-state index in [0.717, 1.165) is 4.31 Å². The molecule has 178 valence electrons. The van der Waals surface area contributed by atoms with Crippen LogP contribution in [0.4, 0.5) is 5.69 Å². The second kappa shape index (κ2) is 10.4. The molecule has 2 rings (SSSR count). The Balaban J connectivity index is 1.92. The Morgan fingerprint density at radius 3 is 2.31 bits per heavy atom. The number of benzene rings is 1. The van der Waals surface area contributed by atoms with Crippen molar-refractivity contribution < 1.29 is 36.0 Å². The van der Waals surface area contributed by atoms with Gasteiger partial charge in [-0.2, -0.15) is 4.31 Å². The van der Waals surface area contributed by atoms with Crippen LogP contribution in [0.5, 0.6) is 0 Å². The van der Waals surface area contributed by atoms with Gasteiger partial charge in [-0.15, -0.1) is 0 Å². The highest BCUT2D eigenvalue weighted by Crippen LogP contribution is 2.19. The smallest absolute Gasteiger partial charge is 0.321 e. The molecule has 1 atom stereocenters. The third-order valence-electron chi connectivity index (χ3n) is 4.90. The van der Waals surface area contributed by atoms with E-state index in [1.165, 1.54) is 43.1 Å². The molecular formula is C19H27N3O8S2. The summed E-state index contributed by atoms with van der Waals surface area (Å²) in [7, 11) is -5.99. The highest BCUT2D eigenvalue weighted by atomic mass is 32.2. The average Bonchev–Trinajstić information content (AvgIpc) is 3.06. The summed E-state index contributed by atoms with van der Waals surface area (Å²) < 4.78 is 54.3. The molecule has 11 nitrogen and oxygen atoms in total. The molecule has 1 heterocycles. The molecule has 0 radical (unpaired) electrons. The molecule has 1 N–H and O–H groups in total. The van der Waals surface area contributed by atoms with E-state index in [4.69, 9.17) is 4.74 Å². The van der Waals surface area contributed by atoms with Crippen LogP contribution in [0, 0.1) is 0 Å². The van der Waals surface area contributed by atoms with Crippen molar-refractivity contribution in [1.29, 1.82) is 0 Å². The zero-order valence-corrected chi connectivity index (χ0v) is 19.7. The Labute approximate surface area is 187 Å². The number of rotatable bonds is 9. The highest BCUT2D eigenvalue weighted by Gasteiger charge is 2.34. The maximum absolute atomic E-state index is 12.6. The average molecular weight is 490 g/mol. The number of hydrogen-bond acceptors (Lipinski definition) is 8. The van der Waals surface area contributed by atoms with Crippen LogP contribution in [0.2, 0.25) is 0 Å². The zero-order chi connectivity index (χ0) is 24.1. The molecule has 1 aliphatic heterocycles. The lowest BCUT2D eigenvalue weighted by atomic mass is 10.2. The van der Waals surface area contributed by atoms with Crippen molar-refractivity contribution in [3.63, 3.8) is 0 Å². The zero-order valence-electron chi connectivity index (χ0n) is 18.1. The number of likely N-dealkylation sites (N-methyl/N-ethyl adjacent to an activating group) is 2. The molecule has 1 fully saturated rings. The van der Waals surface area contributed by atoms with Gasteiger partial charge in [0.25, 0.3) is 5.91 Å². The SMILES string of the molecule is CCN(C(=O)COC(=O)CN(C)S(=O)(=O)c1ccc(NC(C)=O)cc1)C1CCS(=O)(=O)C1. The molecule has 0 aliphatic carbocycles. The molecule has 0 aromatic heterocycles. The van der Waals surface area contributed by atoms with Crippen molar-refractivity contribution in [3.05, 3.63) is 24.3 Å². The minimum atomic E-state index is -4.01. The van der Waals surface area contributed by atoms with Crippen LogP contribution in [-0.2, 0) is 39.0 Å². The van der Waals surface area contributed by atoms with Gasteiger partial charge in [0.05, 0.1) is 16.4 Å². The molecule has 1 aliphatic rings. The first kappa shape index (κ1) is 25.7. The molecule has 1 aromatic carbocycles. The summed E-state index contributed by atoms with van der Waals surface area (Å²) in [5, 5.41) is 2.52. The first-order chi connectivity index (χ1) is 14.9. The number of sulfonamides is 1. The van der Waals surface area contributed by atoms with Gasteiger partial charge in [0.15, 0.2) is 16.4 Å². The number of carbonyl (C=O) groups is 3. The largest absolute Gasteiger partial charge is 0.455 e. The second-order valence-electron chi connectivity index (χ2n) is 7.36. The first-order valence-electron chi connectivity index (χ1n) is 9.85. The van der Waals surface area contributed by atoms with Crippen molar-refractivity contribution in [1.82, 2.24) is 9.21 Å². The van der Waals surface area contributed by atoms with Crippen LogP contribution in [0.25, 0.3) is 0 Å². The van der Waals surface area contributed by atoms with Gasteiger partial charge in [0.1, 0.15) is 6.54 Å². The third-order valence-corrected chi connectivity index (χ3v) is 8.47. The Hall–Kier alpha value is -2.51. The summed E-state index contributed by atoms with van der Waals surface area (Å²) in [6.07, 6.45) is 0.331. The summed E-state index contributed by atoms with van der Waals surface area (Å²) in [5.41, 5.74) is 0.424. The monoisotopic (exact) mass is 489 g/mol. The van der Waals surface area contributed by atoms with E-state index in [1.54, 1.807) is 6.92 Å². The normalized spacial score (nSPS) is 17.7. The van der Waals surface area contributed by atoms with Gasteiger partial charge < -0.3 is 15.0 Å². The fraction of sp³-hybridized carbons (Fsp3) is 0.526. The predicted molar refractivity (Wildman–Crippen MR) is 116 cm³/mol. The van der Waals surface area contributed by atoms with E-state index in [9.17, 15) is 31.2 Å². The van der Waals surface area contributed by atoms with E-state index in [-0.39, 0.29) is 28.9 Å². The number of nitrogens with zero attached hydrogens (tertiary/aromatic N) is 2. The fourth-order valence-corrected chi connectivity index (χ4v) is 6.14. The molecular weight excluding hydrogens is 462 g/mol. The number of amides is 2. The van der Waals surface area contributed by atoms with E-state index < -0.39 is 50.9 Å². The summed E-state index contributed by atoms with van der Waals surface area (Å²) in [4.78, 5) is 36.8. The number of anilines is 1. The quantitative estimate of drug-likeness (QED) is 0.471. The van der Waals surface area contributed by atoms with E-state index >= 15 is 0 Å². The second-order valence-corrected chi connectivity index (χ2v) is 11.6. The van der Waals surface area contributed by atoms with Crippen LogP contribution in [0.15, 0.2) is 29.2 Å². The van der Waals surface area contributed by atoms with Crippen molar-refractivity contribution in [3.8, 4) is 0 Å². The van der Waals surface area contributed by atoms with Gasteiger partial charge in [-0.3, -0.25) is 14.4 Å². The number of esters is 1. The number of sulfone groups is 1. The van der Waals surface area contributed by atoms with E-state index in [2.05, 4.69) is 5.32 Å². The molecule has 0 spiro atoms. The lowest BCUT2D eigenvalue weighted by Gasteiger charge is -2.26. The van der Waals surface area contributed by atoms with Gasteiger partial charge in [-0.25, -0.2) is 16.8 Å². The predicted octanol–water partition coefficient (Wildman–Crippen LogP) is -0.156. The van der Waals surface area contributed by atoms with Crippen molar-refractivity contribution in [2.75, 3.05) is 43.6 Å². The number of carbonyl (C=O) groups excluding carboxylic acids is 3. The summed E-state index contributed by atoms with van der Waals surface area (Å²) in [6, 6.07) is 4.96. The van der Waals surface area contributed by atoms with Crippen LogP contribution in [0.3, 0.4) is 0 Å². The van der Waals surface area contributed by atoms with E-state index in [0.29, 0.717) is 12.1 Å². The Morgan fingerprint density at radius 1 is 1.19 bits per heavy atom. The molecule has 2 amide bonds. The van der Waals surface area contributed by atoms with Crippen LogP contribution < -0.4 is 5.32 Å². The van der Waals surface area contributed by atoms with Gasteiger partial charge >= 0.3 is 5.97 Å². The van der Waals surface area contributed by atoms with E-state index in [1.807, 2.05) is 0 Å². The van der Waals surface area contributed by atoms with Crippen LogP contribution in [-0.4, -0.2) is 88.1 Å². The maximum atomic E-state index is 12.6. The fourth-order valence-electron chi connectivity index (χ4n) is 3.29. The minimum absolute atomic E-state index is 0.00961. The van der Waals surface area contributed by atoms with Crippen molar-refractivity contribution in [2.24, 2.45) is 0 Å². The van der Waals surface area contributed by atoms with Crippen LogP contribution >= 0.6 is 0 Å². The summed E-state index contributed by atoms with van der Waals surface area (Å²) in [5.74, 6) is -1.87. The Kier molecular flexibility index (Phi) is 8.37. The molecule has 0 saturated carbocycles. The lowest BCUT2D eigenvalue weighted by molar-refractivity contribution is -0.152. The summed E-state index contributed by atoms with van der Waals surface area (Å²) >= 11 is 0. The molecule has 0 bridgehead atoms. The number of ether oxygens (including phenoxy) is 1. The maximum Gasteiger partial charge on any atom is 0.321 e. The van der Waals surface area contributed by atoms with Gasteiger partial charge in [-0.1, -0.05) is 0 Å². The van der Waals surface area contributed by atoms with Gasteiger partial charge in [0, 0.05) is 32.2 Å². The number of hydrogen-bond donors (Lipinski definition) is 1. The van der Waals surface area contributed by atoms with Crippen molar-refractivity contribution >= 4 is 43.3 Å². The molecule has 1 unspecified atom stereocenters. The molecule has 13 heteroatoms. The number of nitrogens with one attached hydrogen (secondary N) is 1. The van der Waals surface area contributed by atoms with Gasteiger partial charge in [-0.05, 0) is 37.6 Å². The first-order valence-corrected chi connectivity index (χ1v) is 13.1. The Morgan fingerprint density at radius 2 is 1.81 bits per heavy atom. The van der Waals surface area contributed by atoms with Crippen molar-refractivity contribution in [2.45, 2.75) is 31.2 Å². The highest BCUT2D eigenvalue weighted by molar-refractivity contribution is 7.91. The van der Waals surface area contributed by atoms with Crippen LogP contribution in [0.1, 0.15) is 20.3 Å².